The second-order valence-corrected chi connectivity index (χ2v) is 6.89. The minimum atomic E-state index is -4.42. The lowest BCUT2D eigenvalue weighted by molar-refractivity contribution is -0.141. The van der Waals surface area contributed by atoms with Crippen LogP contribution >= 0.6 is 7.60 Å². The smallest absolute Gasteiger partial charge is 0.365 e. The van der Waals surface area contributed by atoms with Gasteiger partial charge in [-0.25, -0.2) is 4.79 Å². The van der Waals surface area contributed by atoms with Crippen molar-refractivity contribution < 1.29 is 23.9 Å². The van der Waals surface area contributed by atoms with Crippen molar-refractivity contribution >= 4 is 13.6 Å². The second-order valence-electron chi connectivity index (χ2n) is 5.14. The van der Waals surface area contributed by atoms with E-state index in [4.69, 9.17) is 4.74 Å². The maximum Gasteiger partial charge on any atom is 0.365 e. The number of hydrogen-bond acceptors (Lipinski definition) is 3. The van der Waals surface area contributed by atoms with E-state index in [0.717, 1.165) is 19.3 Å². The van der Waals surface area contributed by atoms with Gasteiger partial charge in [-0.3, -0.25) is 4.57 Å². The number of hydrogen-bond donors (Lipinski definition) is 2. The highest BCUT2D eigenvalue weighted by molar-refractivity contribution is 7.52. The third-order valence-electron chi connectivity index (χ3n) is 3.02. The Morgan fingerprint density at radius 1 is 1.15 bits per heavy atom. The molecule has 5 nitrogen and oxygen atoms in total. The van der Waals surface area contributed by atoms with Gasteiger partial charge < -0.3 is 14.5 Å². The molecule has 0 aliphatic heterocycles. The van der Waals surface area contributed by atoms with E-state index in [1.165, 1.54) is 26.2 Å². The Labute approximate surface area is 121 Å². The van der Waals surface area contributed by atoms with Gasteiger partial charge >= 0.3 is 13.6 Å². The molecule has 0 saturated heterocycles. The summed E-state index contributed by atoms with van der Waals surface area (Å²) >= 11 is 0. The molecule has 20 heavy (non-hydrogen) atoms. The van der Waals surface area contributed by atoms with E-state index < -0.39 is 19.4 Å². The Bertz CT molecular complexity index is 347. The molecule has 0 bridgehead atoms. The monoisotopic (exact) mass is 306 g/mol. The highest BCUT2D eigenvalue weighted by atomic mass is 31.2. The van der Waals surface area contributed by atoms with Crippen molar-refractivity contribution in [2.45, 2.75) is 71.1 Å². The van der Waals surface area contributed by atoms with Gasteiger partial charge in [-0.2, -0.15) is 0 Å². The fourth-order valence-corrected chi connectivity index (χ4v) is 2.55. The number of carbonyl (C=O) groups is 1. The molecule has 118 valence electrons. The summed E-state index contributed by atoms with van der Waals surface area (Å²) in [6.45, 7) is 7.01. The van der Waals surface area contributed by atoms with Crippen LogP contribution in [-0.4, -0.2) is 21.6 Å². The molecule has 2 N–H and O–H groups in total. The van der Waals surface area contributed by atoms with Crippen molar-refractivity contribution in [3.05, 3.63) is 12.2 Å². The van der Waals surface area contributed by atoms with E-state index in [9.17, 15) is 19.1 Å². The van der Waals surface area contributed by atoms with Crippen LogP contribution in [-0.2, 0) is 14.1 Å². The lowest BCUT2D eigenvalue weighted by Crippen LogP contribution is -2.18. The number of esters is 1. The normalized spacial score (nSPS) is 13.0. The Morgan fingerprint density at radius 2 is 1.65 bits per heavy atom. The summed E-state index contributed by atoms with van der Waals surface area (Å²) in [5.41, 5.74) is 0.142. The van der Waals surface area contributed by atoms with Gasteiger partial charge in [-0.15, -0.1) is 0 Å². The van der Waals surface area contributed by atoms with Gasteiger partial charge in [0.25, 0.3) is 0 Å². The molecule has 0 spiro atoms. The van der Waals surface area contributed by atoms with E-state index in [-0.39, 0.29) is 12.0 Å². The second kappa shape index (κ2) is 10.1. The van der Waals surface area contributed by atoms with Crippen molar-refractivity contribution in [3.63, 3.8) is 0 Å². The molecule has 0 aromatic heterocycles. The summed E-state index contributed by atoms with van der Waals surface area (Å²) in [5.74, 6) is -2.09. The average molecular weight is 306 g/mol. The fraction of sp³-hybridized carbons (Fsp3) is 0.786. The zero-order valence-electron chi connectivity index (χ0n) is 12.5. The molecule has 0 radical (unpaired) electrons. The summed E-state index contributed by atoms with van der Waals surface area (Å²) in [6.07, 6.45) is 7.52. The van der Waals surface area contributed by atoms with Crippen LogP contribution in [0.25, 0.3) is 0 Å². The van der Waals surface area contributed by atoms with Gasteiger partial charge in [-0.05, 0) is 19.8 Å². The van der Waals surface area contributed by atoms with Crippen molar-refractivity contribution in [2.24, 2.45) is 0 Å². The SMILES string of the molecule is C=C(C)C(=O)OC(CCCCCCCCC)P(=O)(O)O. The molecule has 0 rings (SSSR count). The molecular weight excluding hydrogens is 279 g/mol. The molecule has 0 aliphatic rings. The molecule has 0 aliphatic carbocycles. The van der Waals surface area contributed by atoms with E-state index in [2.05, 4.69) is 13.5 Å². The van der Waals surface area contributed by atoms with E-state index in [1.807, 2.05) is 0 Å². The standard InChI is InChI=1S/C14H27O5P/c1-4-5-6-7-8-9-10-11-13(20(16,17)18)19-14(15)12(2)3/h13H,2,4-11H2,1,3H3,(H2,16,17,18). The quantitative estimate of drug-likeness (QED) is 0.263. The molecule has 0 heterocycles. The summed E-state index contributed by atoms with van der Waals surface area (Å²) in [4.78, 5) is 29.7. The zero-order chi connectivity index (χ0) is 15.6. The van der Waals surface area contributed by atoms with Crippen LogP contribution in [0.5, 0.6) is 0 Å². The third-order valence-corrected chi connectivity index (χ3v) is 4.14. The lowest BCUT2D eigenvalue weighted by atomic mass is 10.1. The fourth-order valence-electron chi connectivity index (χ4n) is 1.80. The van der Waals surface area contributed by atoms with Crippen molar-refractivity contribution in [1.82, 2.24) is 0 Å². The summed E-state index contributed by atoms with van der Waals surface area (Å²) in [6, 6.07) is 0. The molecule has 6 heteroatoms. The lowest BCUT2D eigenvalue weighted by Gasteiger charge is -2.18. The van der Waals surface area contributed by atoms with Crippen LogP contribution in [0, 0.1) is 0 Å². The first-order valence-corrected chi connectivity index (χ1v) is 8.89. The zero-order valence-corrected chi connectivity index (χ0v) is 13.4. The van der Waals surface area contributed by atoms with Gasteiger partial charge in [0.2, 0.25) is 5.85 Å². The van der Waals surface area contributed by atoms with E-state index >= 15 is 0 Å². The van der Waals surface area contributed by atoms with E-state index in [0.29, 0.717) is 6.42 Å². The molecule has 0 saturated carbocycles. The number of rotatable bonds is 11. The topological polar surface area (TPSA) is 83.8 Å². The molecule has 0 amide bonds. The Kier molecular flexibility index (Phi) is 9.82. The van der Waals surface area contributed by atoms with Crippen molar-refractivity contribution in [2.75, 3.05) is 0 Å². The van der Waals surface area contributed by atoms with Crippen LogP contribution < -0.4 is 0 Å². The highest BCUT2D eigenvalue weighted by Crippen LogP contribution is 2.44. The largest absolute Gasteiger partial charge is 0.446 e. The van der Waals surface area contributed by atoms with Gasteiger partial charge in [0.05, 0.1) is 0 Å². The number of carbonyl (C=O) groups excluding carboxylic acids is 1. The Morgan fingerprint density at radius 3 is 2.10 bits per heavy atom. The predicted octanol–water partition coefficient (Wildman–Crippen LogP) is 3.75. The summed E-state index contributed by atoms with van der Waals surface area (Å²) in [5, 5.41) is 0. The highest BCUT2D eigenvalue weighted by Gasteiger charge is 2.32. The van der Waals surface area contributed by atoms with Crippen LogP contribution in [0.2, 0.25) is 0 Å². The first-order chi connectivity index (χ1) is 9.29. The van der Waals surface area contributed by atoms with Crippen LogP contribution in [0.1, 0.15) is 65.2 Å². The van der Waals surface area contributed by atoms with Crippen molar-refractivity contribution in [1.29, 1.82) is 0 Å². The van der Waals surface area contributed by atoms with Gasteiger partial charge in [0, 0.05) is 5.57 Å². The first kappa shape index (κ1) is 19.4. The molecular formula is C14H27O5P. The van der Waals surface area contributed by atoms with Crippen molar-refractivity contribution in [3.8, 4) is 0 Å². The minimum absolute atomic E-state index is 0.142. The number of unbranched alkanes of at least 4 members (excludes halogenated alkanes) is 6. The predicted molar refractivity (Wildman–Crippen MR) is 79.3 cm³/mol. The Hall–Kier alpha value is -0.640. The minimum Gasteiger partial charge on any atom is -0.446 e. The summed E-state index contributed by atoms with van der Waals surface area (Å²) < 4.78 is 16.1. The Balaban J connectivity index is 4.04. The average Bonchev–Trinajstić information content (AvgIpc) is 2.34. The maximum absolute atomic E-state index is 11.3. The van der Waals surface area contributed by atoms with Gasteiger partial charge in [0.1, 0.15) is 0 Å². The van der Waals surface area contributed by atoms with Crippen LogP contribution in [0.15, 0.2) is 12.2 Å². The van der Waals surface area contributed by atoms with Crippen LogP contribution in [0.3, 0.4) is 0 Å². The molecule has 1 atom stereocenters. The molecule has 0 aromatic carbocycles. The van der Waals surface area contributed by atoms with E-state index in [1.54, 1.807) is 0 Å². The first-order valence-electron chi connectivity index (χ1n) is 7.20. The number of ether oxygens (including phenoxy) is 1. The maximum atomic E-state index is 11.3. The third kappa shape index (κ3) is 9.29. The summed E-state index contributed by atoms with van der Waals surface area (Å²) in [7, 11) is -4.42. The van der Waals surface area contributed by atoms with Crippen LogP contribution in [0.4, 0.5) is 0 Å². The molecule has 0 fully saturated rings. The van der Waals surface area contributed by atoms with Gasteiger partial charge in [0.15, 0.2) is 0 Å². The molecule has 0 aromatic rings. The molecule has 1 unspecified atom stereocenters. The van der Waals surface area contributed by atoms with Gasteiger partial charge in [-0.1, -0.05) is 52.0 Å².